The molecular weight excluding hydrogens is 308 g/mol. The normalized spacial score (nSPS) is 10.7. The molecule has 1 aromatic carbocycles. The first-order chi connectivity index (χ1) is 8.90. The highest BCUT2D eigenvalue weighted by atomic mass is 79.9. The van der Waals surface area contributed by atoms with Crippen molar-refractivity contribution in [2.45, 2.75) is 20.3 Å². The van der Waals surface area contributed by atoms with Crippen molar-refractivity contribution in [3.05, 3.63) is 39.6 Å². The van der Waals surface area contributed by atoms with Crippen LogP contribution in [0.4, 0.5) is 0 Å². The lowest BCUT2D eigenvalue weighted by Crippen LogP contribution is -2.03. The van der Waals surface area contributed by atoms with Crippen molar-refractivity contribution in [2.24, 2.45) is 7.05 Å². The number of halogens is 1. The molecule has 19 heavy (non-hydrogen) atoms. The summed E-state index contributed by atoms with van der Waals surface area (Å²) in [6.45, 7) is 3.97. The first-order valence-corrected chi connectivity index (χ1v) is 6.70. The zero-order chi connectivity index (χ0) is 14.2. The molecule has 0 amide bonds. The second kappa shape index (κ2) is 5.17. The highest BCUT2D eigenvalue weighted by Crippen LogP contribution is 2.32. The number of carbonyl (C=O) groups is 1. The van der Waals surface area contributed by atoms with E-state index in [2.05, 4.69) is 21.0 Å². The van der Waals surface area contributed by atoms with Gasteiger partial charge in [-0.3, -0.25) is 9.48 Å². The maximum absolute atomic E-state index is 11.0. The molecule has 0 unspecified atom stereocenters. The minimum Gasteiger partial charge on any atom is -0.481 e. The molecule has 0 bridgehead atoms. The lowest BCUT2D eigenvalue weighted by atomic mass is 9.97. The van der Waals surface area contributed by atoms with Crippen molar-refractivity contribution in [1.82, 2.24) is 9.78 Å². The molecule has 100 valence electrons. The zero-order valence-electron chi connectivity index (χ0n) is 11.1. The van der Waals surface area contributed by atoms with E-state index in [0.29, 0.717) is 5.69 Å². The van der Waals surface area contributed by atoms with Crippen molar-refractivity contribution in [3.63, 3.8) is 0 Å². The van der Waals surface area contributed by atoms with Crippen LogP contribution in [0.15, 0.2) is 22.7 Å². The van der Waals surface area contributed by atoms with Crippen LogP contribution in [0.5, 0.6) is 0 Å². The summed E-state index contributed by atoms with van der Waals surface area (Å²) in [6.07, 6.45) is -0.0665. The number of aryl methyl sites for hydroxylation is 2. The lowest BCUT2D eigenvalue weighted by molar-refractivity contribution is -0.136. The van der Waals surface area contributed by atoms with Gasteiger partial charge >= 0.3 is 5.97 Å². The predicted molar refractivity (Wildman–Crippen MR) is 77.2 cm³/mol. The molecule has 0 saturated heterocycles. The minimum absolute atomic E-state index is 0.0665. The summed E-state index contributed by atoms with van der Waals surface area (Å²) in [4.78, 5) is 11.0. The Bertz CT molecular complexity index is 647. The predicted octanol–water partition coefficient (Wildman–Crippen LogP) is 3.09. The standard InChI is InChI=1S/C14H15BrN2O2/c1-8-4-5-10(15)6-11(8)14-9(2)17(3)16-12(14)7-13(18)19/h4-6H,7H2,1-3H3,(H,18,19). The number of hydrogen-bond acceptors (Lipinski definition) is 2. The summed E-state index contributed by atoms with van der Waals surface area (Å²) in [7, 11) is 1.83. The first kappa shape index (κ1) is 13.8. The van der Waals surface area contributed by atoms with Crippen molar-refractivity contribution < 1.29 is 9.90 Å². The third-order valence-electron chi connectivity index (χ3n) is 3.19. The van der Waals surface area contributed by atoms with Crippen LogP contribution in [0.25, 0.3) is 11.1 Å². The molecular formula is C14H15BrN2O2. The van der Waals surface area contributed by atoms with E-state index in [-0.39, 0.29) is 6.42 Å². The van der Waals surface area contributed by atoms with Crippen molar-refractivity contribution in [2.75, 3.05) is 0 Å². The molecule has 4 nitrogen and oxygen atoms in total. The van der Waals surface area contributed by atoms with Crippen molar-refractivity contribution in [3.8, 4) is 11.1 Å². The fourth-order valence-electron chi connectivity index (χ4n) is 2.16. The SMILES string of the molecule is Cc1ccc(Br)cc1-c1c(CC(=O)O)nn(C)c1C. The van der Waals surface area contributed by atoms with Gasteiger partial charge in [0.25, 0.3) is 0 Å². The van der Waals surface area contributed by atoms with Gasteiger partial charge in [-0.25, -0.2) is 0 Å². The van der Waals surface area contributed by atoms with Gasteiger partial charge in [-0.1, -0.05) is 22.0 Å². The van der Waals surface area contributed by atoms with E-state index in [1.807, 2.05) is 39.1 Å². The summed E-state index contributed by atoms with van der Waals surface area (Å²) in [5.74, 6) is -0.869. The summed E-state index contributed by atoms with van der Waals surface area (Å²) in [5, 5.41) is 13.3. The average Bonchev–Trinajstić information content (AvgIpc) is 2.57. The highest BCUT2D eigenvalue weighted by Gasteiger charge is 2.18. The number of carboxylic acid groups (broad SMARTS) is 1. The molecule has 1 N–H and O–H groups in total. The monoisotopic (exact) mass is 322 g/mol. The molecule has 1 heterocycles. The highest BCUT2D eigenvalue weighted by molar-refractivity contribution is 9.10. The van der Waals surface area contributed by atoms with Gasteiger partial charge in [0.05, 0.1) is 12.1 Å². The van der Waals surface area contributed by atoms with E-state index in [4.69, 9.17) is 5.11 Å². The zero-order valence-corrected chi connectivity index (χ0v) is 12.7. The summed E-state index contributed by atoms with van der Waals surface area (Å²) in [5.41, 5.74) is 4.62. The quantitative estimate of drug-likeness (QED) is 0.944. The third kappa shape index (κ3) is 2.71. The second-order valence-electron chi connectivity index (χ2n) is 4.56. The van der Waals surface area contributed by atoms with E-state index < -0.39 is 5.97 Å². The number of aromatic nitrogens is 2. The second-order valence-corrected chi connectivity index (χ2v) is 5.48. The Balaban J connectivity index is 2.66. The van der Waals surface area contributed by atoms with Gasteiger partial charge in [-0.15, -0.1) is 0 Å². The van der Waals surface area contributed by atoms with Gasteiger partial charge in [-0.2, -0.15) is 5.10 Å². The van der Waals surface area contributed by atoms with Crippen LogP contribution in [0, 0.1) is 13.8 Å². The van der Waals surface area contributed by atoms with E-state index in [0.717, 1.165) is 26.9 Å². The molecule has 0 aliphatic rings. The molecule has 1 aromatic heterocycles. The molecule has 0 saturated carbocycles. The van der Waals surface area contributed by atoms with Crippen LogP contribution in [0.2, 0.25) is 0 Å². The Morgan fingerprint density at radius 2 is 2.11 bits per heavy atom. The summed E-state index contributed by atoms with van der Waals surface area (Å²) < 4.78 is 2.70. The van der Waals surface area contributed by atoms with Crippen LogP contribution in [-0.2, 0) is 18.3 Å². The lowest BCUT2D eigenvalue weighted by Gasteiger charge is -2.08. The topological polar surface area (TPSA) is 55.1 Å². The van der Waals surface area contributed by atoms with Gasteiger partial charge in [0.1, 0.15) is 0 Å². The molecule has 2 rings (SSSR count). The molecule has 0 aliphatic heterocycles. The molecule has 0 aliphatic carbocycles. The Labute approximate surface area is 120 Å². The van der Waals surface area contributed by atoms with Gasteiger partial charge in [0.2, 0.25) is 0 Å². The minimum atomic E-state index is -0.869. The number of benzene rings is 1. The molecule has 5 heteroatoms. The number of nitrogens with zero attached hydrogens (tertiary/aromatic N) is 2. The number of carboxylic acids is 1. The van der Waals surface area contributed by atoms with Gasteiger partial charge in [0, 0.05) is 22.8 Å². The van der Waals surface area contributed by atoms with Crippen molar-refractivity contribution in [1.29, 1.82) is 0 Å². The Morgan fingerprint density at radius 1 is 1.42 bits per heavy atom. The number of aliphatic carboxylic acids is 1. The smallest absolute Gasteiger partial charge is 0.309 e. The Kier molecular flexibility index (Phi) is 3.75. The first-order valence-electron chi connectivity index (χ1n) is 5.91. The largest absolute Gasteiger partial charge is 0.481 e. The molecule has 0 fully saturated rings. The maximum atomic E-state index is 11.0. The molecule has 2 aromatic rings. The van der Waals surface area contributed by atoms with Crippen LogP contribution in [-0.4, -0.2) is 20.9 Å². The van der Waals surface area contributed by atoms with Crippen LogP contribution in [0.1, 0.15) is 17.0 Å². The Hall–Kier alpha value is -1.62. The van der Waals surface area contributed by atoms with Crippen LogP contribution in [0.3, 0.4) is 0 Å². The third-order valence-corrected chi connectivity index (χ3v) is 3.69. The van der Waals surface area contributed by atoms with E-state index >= 15 is 0 Å². The summed E-state index contributed by atoms with van der Waals surface area (Å²) >= 11 is 3.46. The fourth-order valence-corrected chi connectivity index (χ4v) is 2.52. The van der Waals surface area contributed by atoms with E-state index in [1.165, 1.54) is 0 Å². The molecule has 0 atom stereocenters. The number of rotatable bonds is 3. The molecule has 0 spiro atoms. The van der Waals surface area contributed by atoms with E-state index in [1.54, 1.807) is 4.68 Å². The van der Waals surface area contributed by atoms with Gasteiger partial charge < -0.3 is 5.11 Å². The fraction of sp³-hybridized carbons (Fsp3) is 0.286. The number of hydrogen-bond donors (Lipinski definition) is 1. The maximum Gasteiger partial charge on any atom is 0.309 e. The van der Waals surface area contributed by atoms with E-state index in [9.17, 15) is 4.79 Å². The van der Waals surface area contributed by atoms with Crippen LogP contribution < -0.4 is 0 Å². The van der Waals surface area contributed by atoms with Crippen LogP contribution >= 0.6 is 15.9 Å². The average molecular weight is 323 g/mol. The summed E-state index contributed by atoms with van der Waals surface area (Å²) in [6, 6.07) is 5.99. The van der Waals surface area contributed by atoms with Gasteiger partial charge in [0.15, 0.2) is 0 Å². The van der Waals surface area contributed by atoms with Crippen molar-refractivity contribution >= 4 is 21.9 Å². The van der Waals surface area contributed by atoms with Gasteiger partial charge in [-0.05, 0) is 37.1 Å². The Morgan fingerprint density at radius 3 is 2.74 bits per heavy atom. The molecule has 0 radical (unpaired) electrons.